The lowest BCUT2D eigenvalue weighted by atomic mass is 10.1. The molecule has 3 aromatic rings. The molecule has 0 bridgehead atoms. The minimum absolute atomic E-state index is 0.290. The van der Waals surface area contributed by atoms with Crippen LogP contribution in [0, 0.1) is 24.1 Å². The summed E-state index contributed by atoms with van der Waals surface area (Å²) in [4.78, 5) is 11.8. The van der Waals surface area contributed by atoms with Gasteiger partial charge in [0, 0.05) is 12.1 Å². The molecule has 0 aliphatic heterocycles. The molecule has 8 heteroatoms. The van der Waals surface area contributed by atoms with Crippen LogP contribution in [0.3, 0.4) is 0 Å². The summed E-state index contributed by atoms with van der Waals surface area (Å²) < 4.78 is 15.6. The molecule has 25 heavy (non-hydrogen) atoms. The van der Waals surface area contributed by atoms with Crippen molar-refractivity contribution in [3.63, 3.8) is 0 Å². The number of aromatic nitrogens is 5. The fraction of sp³-hybridized carbons (Fsp3) is 0.412. The van der Waals surface area contributed by atoms with Gasteiger partial charge in [0.1, 0.15) is 11.2 Å². The van der Waals surface area contributed by atoms with Gasteiger partial charge in [-0.3, -0.25) is 4.68 Å². The largest absolute Gasteiger partial charge is 0.343 e. The van der Waals surface area contributed by atoms with Gasteiger partial charge in [-0.15, -0.1) is 0 Å². The van der Waals surface area contributed by atoms with Crippen molar-refractivity contribution in [1.29, 1.82) is 5.26 Å². The van der Waals surface area contributed by atoms with Gasteiger partial charge in [-0.05, 0) is 33.6 Å². The molecule has 0 radical (unpaired) electrons. The van der Waals surface area contributed by atoms with E-state index in [1.165, 1.54) is 6.20 Å². The van der Waals surface area contributed by atoms with E-state index in [4.69, 9.17) is 0 Å². The van der Waals surface area contributed by atoms with Crippen LogP contribution in [0.15, 0.2) is 12.4 Å². The second-order valence-corrected chi connectivity index (χ2v) is 6.94. The maximum absolute atomic E-state index is 14.0. The predicted molar refractivity (Wildman–Crippen MR) is 91.0 cm³/mol. The zero-order chi connectivity index (χ0) is 17.8. The number of aromatic amines is 1. The Morgan fingerprint density at radius 1 is 1.40 bits per heavy atom. The maximum atomic E-state index is 14.0. The van der Waals surface area contributed by atoms with Gasteiger partial charge in [0.15, 0.2) is 5.82 Å². The Kier molecular flexibility index (Phi) is 3.29. The van der Waals surface area contributed by atoms with E-state index >= 15 is 0 Å². The van der Waals surface area contributed by atoms with E-state index in [1.54, 1.807) is 24.7 Å². The Balaban J connectivity index is 1.73. The molecule has 3 aromatic heterocycles. The van der Waals surface area contributed by atoms with Crippen molar-refractivity contribution in [2.24, 2.45) is 0 Å². The third-order valence-electron chi connectivity index (χ3n) is 4.47. The predicted octanol–water partition coefficient (Wildman–Crippen LogP) is 3.48. The first-order chi connectivity index (χ1) is 11.9. The van der Waals surface area contributed by atoms with Crippen LogP contribution in [-0.2, 0) is 5.54 Å². The maximum Gasteiger partial charge on any atom is 0.229 e. The third kappa shape index (κ3) is 2.61. The average Bonchev–Trinajstić information content (AvgIpc) is 3.28. The highest BCUT2D eigenvalue weighted by Crippen LogP contribution is 2.42. The van der Waals surface area contributed by atoms with Crippen molar-refractivity contribution in [2.45, 2.75) is 45.1 Å². The summed E-state index contributed by atoms with van der Waals surface area (Å²) in [5, 5.41) is 17.3. The van der Waals surface area contributed by atoms with Crippen molar-refractivity contribution < 1.29 is 4.39 Å². The Hall–Kier alpha value is -2.95. The van der Waals surface area contributed by atoms with Crippen LogP contribution >= 0.6 is 0 Å². The number of nitrogens with zero attached hydrogens (tertiary/aromatic N) is 5. The van der Waals surface area contributed by atoms with Gasteiger partial charge in [0.25, 0.3) is 0 Å². The molecule has 0 aromatic carbocycles. The van der Waals surface area contributed by atoms with E-state index in [0.717, 1.165) is 29.9 Å². The summed E-state index contributed by atoms with van der Waals surface area (Å²) in [7, 11) is 0. The topological polar surface area (TPSA) is 95.2 Å². The molecule has 128 valence electrons. The first-order valence-electron chi connectivity index (χ1n) is 8.18. The van der Waals surface area contributed by atoms with E-state index in [-0.39, 0.29) is 11.7 Å². The summed E-state index contributed by atoms with van der Waals surface area (Å²) in [5.41, 5.74) is 1.93. The second-order valence-electron chi connectivity index (χ2n) is 6.94. The van der Waals surface area contributed by atoms with Gasteiger partial charge < -0.3 is 10.3 Å². The highest BCUT2D eigenvalue weighted by Gasteiger charge is 2.30. The van der Waals surface area contributed by atoms with Crippen molar-refractivity contribution in [3.05, 3.63) is 29.6 Å². The van der Waals surface area contributed by atoms with Crippen molar-refractivity contribution in [2.75, 3.05) is 5.32 Å². The molecule has 0 unspecified atom stereocenters. The number of aryl methyl sites for hydroxylation is 1. The molecule has 1 aliphatic carbocycles. The van der Waals surface area contributed by atoms with Crippen LogP contribution in [0.2, 0.25) is 0 Å². The number of halogens is 1. The lowest BCUT2D eigenvalue weighted by Gasteiger charge is -2.15. The van der Waals surface area contributed by atoms with Crippen LogP contribution in [-0.4, -0.2) is 24.7 Å². The van der Waals surface area contributed by atoms with Gasteiger partial charge in [0.05, 0.1) is 34.7 Å². The van der Waals surface area contributed by atoms with Crippen LogP contribution < -0.4 is 5.32 Å². The summed E-state index contributed by atoms with van der Waals surface area (Å²) in [6.45, 7) is 5.43. The minimum atomic E-state index is -0.753. The highest BCUT2D eigenvalue weighted by molar-refractivity contribution is 5.81. The molecule has 7 nitrogen and oxygen atoms in total. The first-order valence-corrected chi connectivity index (χ1v) is 8.18. The molecule has 1 fully saturated rings. The normalized spacial score (nSPS) is 14.7. The molecule has 0 atom stereocenters. The quantitative estimate of drug-likeness (QED) is 0.759. The second kappa shape index (κ2) is 5.28. The molecule has 2 N–H and O–H groups in total. The molecular weight excluding hydrogens is 321 g/mol. The molecule has 0 spiro atoms. The van der Waals surface area contributed by atoms with E-state index in [2.05, 4.69) is 31.4 Å². The number of nitriles is 1. The minimum Gasteiger partial charge on any atom is -0.343 e. The van der Waals surface area contributed by atoms with Crippen LogP contribution in [0.5, 0.6) is 0 Å². The monoisotopic (exact) mass is 339 g/mol. The molecule has 1 saturated carbocycles. The Labute approximate surface area is 143 Å². The fourth-order valence-corrected chi connectivity index (χ4v) is 2.77. The highest BCUT2D eigenvalue weighted by atomic mass is 19.1. The first kappa shape index (κ1) is 15.6. The van der Waals surface area contributed by atoms with E-state index in [0.29, 0.717) is 17.0 Å². The molecule has 1 aliphatic rings. The molecule has 0 amide bonds. The third-order valence-corrected chi connectivity index (χ3v) is 4.47. The van der Waals surface area contributed by atoms with Crippen LogP contribution in [0.4, 0.5) is 16.0 Å². The van der Waals surface area contributed by atoms with Gasteiger partial charge >= 0.3 is 0 Å². The summed E-state index contributed by atoms with van der Waals surface area (Å²) in [6.07, 6.45) is 5.11. The molecule has 4 rings (SSSR count). The van der Waals surface area contributed by atoms with E-state index in [9.17, 15) is 9.65 Å². The van der Waals surface area contributed by atoms with Gasteiger partial charge in [0.2, 0.25) is 5.95 Å². The van der Waals surface area contributed by atoms with Gasteiger partial charge in [-0.25, -0.2) is 9.37 Å². The van der Waals surface area contributed by atoms with Crippen LogP contribution in [0.25, 0.3) is 11.0 Å². The molecule has 3 heterocycles. The van der Waals surface area contributed by atoms with Crippen molar-refractivity contribution >= 4 is 22.7 Å². The number of rotatable bonds is 4. The zero-order valence-corrected chi connectivity index (χ0v) is 14.3. The van der Waals surface area contributed by atoms with Crippen molar-refractivity contribution in [3.8, 4) is 6.07 Å². The number of nitrogens with one attached hydrogen (secondary N) is 2. The Morgan fingerprint density at radius 3 is 2.84 bits per heavy atom. The Morgan fingerprint density at radius 2 is 2.16 bits per heavy atom. The lowest BCUT2D eigenvalue weighted by molar-refractivity contribution is 0.416. The number of hydrogen-bond acceptors (Lipinski definition) is 5. The van der Waals surface area contributed by atoms with Crippen LogP contribution in [0.1, 0.15) is 44.0 Å². The van der Waals surface area contributed by atoms with E-state index in [1.807, 2.05) is 6.92 Å². The van der Waals surface area contributed by atoms with Gasteiger partial charge in [-0.2, -0.15) is 15.3 Å². The average molecular weight is 339 g/mol. The molecule has 0 saturated heterocycles. The standard InChI is InChI=1S/C17H18FN7/c1-9-12(7-25(24-9)17(2,3)8-19)21-16-22-14(10-4-5-10)13-11(18)6-20-15(13)23-16/h6-7,10H,4-5H2,1-3H3,(H2,20,21,22,23). The number of hydrogen-bond donors (Lipinski definition) is 2. The lowest BCUT2D eigenvalue weighted by Crippen LogP contribution is -2.24. The van der Waals surface area contributed by atoms with Crippen molar-refractivity contribution in [1.82, 2.24) is 24.7 Å². The van der Waals surface area contributed by atoms with Gasteiger partial charge in [-0.1, -0.05) is 0 Å². The number of anilines is 2. The zero-order valence-electron chi connectivity index (χ0n) is 14.3. The number of fused-ring (bicyclic) bond motifs is 1. The van der Waals surface area contributed by atoms with E-state index < -0.39 is 5.54 Å². The Bertz CT molecular complexity index is 1000. The smallest absolute Gasteiger partial charge is 0.229 e. The summed E-state index contributed by atoms with van der Waals surface area (Å²) in [6, 6.07) is 2.22. The molecular formula is C17H18FN7. The SMILES string of the molecule is Cc1nn(C(C)(C)C#N)cc1Nc1nc(C2CC2)c2c(F)c[nH]c2n1. The summed E-state index contributed by atoms with van der Waals surface area (Å²) >= 11 is 0. The fourth-order valence-electron chi connectivity index (χ4n) is 2.77. The number of H-pyrrole nitrogens is 1. The summed E-state index contributed by atoms with van der Waals surface area (Å²) in [5.74, 6) is 0.370.